The van der Waals surface area contributed by atoms with Crippen molar-refractivity contribution in [3.05, 3.63) is 52.5 Å². The van der Waals surface area contributed by atoms with Crippen LogP contribution in [0.1, 0.15) is 0 Å². The molecule has 4 rings (SSSR count). The van der Waals surface area contributed by atoms with Crippen LogP contribution in [0.15, 0.2) is 42.5 Å². The third kappa shape index (κ3) is 1.90. The van der Waals surface area contributed by atoms with Gasteiger partial charge < -0.3 is 4.57 Å². The molecule has 0 saturated heterocycles. The summed E-state index contributed by atoms with van der Waals surface area (Å²) in [5.41, 5.74) is 3.73. The predicted molar refractivity (Wildman–Crippen MR) is 92.1 cm³/mol. The molecule has 0 unspecified atom stereocenters. The van der Waals surface area contributed by atoms with Crippen molar-refractivity contribution >= 4 is 57.4 Å². The van der Waals surface area contributed by atoms with Gasteiger partial charge in [-0.05, 0) is 12.1 Å². The van der Waals surface area contributed by atoms with E-state index in [1.807, 2.05) is 43.4 Å². The molecule has 0 amide bonds. The Morgan fingerprint density at radius 1 is 0.952 bits per heavy atom. The number of fused-ring (bicyclic) bond motifs is 4. The number of rotatable bonds is 0. The molecule has 0 aromatic heterocycles. The number of halogens is 3. The van der Waals surface area contributed by atoms with E-state index in [-0.39, 0.29) is 12.4 Å². The molecule has 0 fully saturated rings. The van der Waals surface area contributed by atoms with Crippen molar-refractivity contribution < 1.29 is 0 Å². The predicted octanol–water partition coefficient (Wildman–Crippen LogP) is 5.56. The van der Waals surface area contributed by atoms with Gasteiger partial charge >= 0.3 is 0 Å². The average Bonchev–Trinajstić information content (AvgIpc) is 2.84. The van der Waals surface area contributed by atoms with Gasteiger partial charge in [-0.3, -0.25) is 0 Å². The van der Waals surface area contributed by atoms with Crippen molar-refractivity contribution in [2.75, 3.05) is 0 Å². The Bertz CT molecular complexity index is 943. The molecule has 0 bridgehead atoms. The number of hydrogen-bond acceptors (Lipinski definition) is 1. The van der Waals surface area contributed by atoms with Crippen LogP contribution in [0.4, 0.5) is 0 Å². The molecule has 2 aromatic rings. The number of benzene rings is 2. The van der Waals surface area contributed by atoms with Crippen molar-refractivity contribution in [2.45, 2.75) is 0 Å². The molecule has 2 aliphatic heterocycles. The summed E-state index contributed by atoms with van der Waals surface area (Å²) in [6.45, 7) is 0. The quantitative estimate of drug-likeness (QED) is 0.411. The van der Waals surface area contributed by atoms with Crippen molar-refractivity contribution in [3.8, 4) is 11.4 Å². The number of para-hydroxylation sites is 2. The van der Waals surface area contributed by atoms with E-state index in [1.165, 1.54) is 0 Å². The zero-order valence-electron chi connectivity index (χ0n) is 11.1. The molecular formula is C16H11Cl3N2. The summed E-state index contributed by atoms with van der Waals surface area (Å²) in [5, 5.41) is 3.37. The fourth-order valence-electron chi connectivity index (χ4n) is 2.84. The van der Waals surface area contributed by atoms with E-state index in [9.17, 15) is 0 Å². The molecule has 106 valence electrons. The maximum atomic E-state index is 6.56. The highest BCUT2D eigenvalue weighted by atomic mass is 35.5. The maximum Gasteiger partial charge on any atom is 0.107 e. The topological polar surface area (TPSA) is 17.8 Å². The third-order valence-corrected chi connectivity index (χ3v) is 4.41. The van der Waals surface area contributed by atoms with Crippen LogP contribution in [0.2, 0.25) is 10.0 Å². The maximum absolute atomic E-state index is 6.56. The van der Waals surface area contributed by atoms with Crippen LogP contribution in [0, 0.1) is 0 Å². The van der Waals surface area contributed by atoms with Gasteiger partial charge in [0, 0.05) is 17.8 Å². The van der Waals surface area contributed by atoms with Gasteiger partial charge in [0.25, 0.3) is 0 Å². The summed E-state index contributed by atoms with van der Waals surface area (Å²) < 4.78 is 2.08. The van der Waals surface area contributed by atoms with E-state index in [4.69, 9.17) is 23.2 Å². The second-order valence-electron chi connectivity index (χ2n) is 4.84. The molecule has 2 heterocycles. The minimum atomic E-state index is 0. The number of aryl methyl sites for hydroxylation is 1. The van der Waals surface area contributed by atoms with Gasteiger partial charge in [-0.15, -0.1) is 12.4 Å². The van der Waals surface area contributed by atoms with Crippen molar-refractivity contribution in [1.29, 1.82) is 0 Å². The Morgan fingerprint density at radius 3 is 2.48 bits per heavy atom. The number of aromatic nitrogens is 2. The third-order valence-electron chi connectivity index (χ3n) is 3.72. The highest BCUT2D eigenvalue weighted by molar-refractivity contribution is 6.41. The van der Waals surface area contributed by atoms with E-state index in [0.29, 0.717) is 10.0 Å². The Labute approximate surface area is 138 Å². The van der Waals surface area contributed by atoms with E-state index in [1.54, 1.807) is 0 Å². The van der Waals surface area contributed by atoms with E-state index in [0.717, 1.165) is 33.2 Å². The lowest BCUT2D eigenvalue weighted by Gasteiger charge is -2.15. The lowest BCUT2D eigenvalue weighted by atomic mass is 10.1. The van der Waals surface area contributed by atoms with Crippen molar-refractivity contribution in [1.82, 2.24) is 9.55 Å². The van der Waals surface area contributed by atoms with Crippen LogP contribution in [-0.2, 0) is 7.05 Å². The van der Waals surface area contributed by atoms with E-state index < -0.39 is 0 Å². The molecule has 0 spiro atoms. The van der Waals surface area contributed by atoms with Crippen LogP contribution in [-0.4, -0.2) is 9.55 Å². The van der Waals surface area contributed by atoms with Crippen molar-refractivity contribution in [3.63, 3.8) is 0 Å². The van der Waals surface area contributed by atoms with Gasteiger partial charge in [-0.25, -0.2) is 4.98 Å². The first-order valence-electron chi connectivity index (χ1n) is 6.29. The molecule has 0 atom stereocenters. The van der Waals surface area contributed by atoms with E-state index in [2.05, 4.69) is 15.6 Å². The first-order valence-corrected chi connectivity index (χ1v) is 7.05. The summed E-state index contributed by atoms with van der Waals surface area (Å²) in [4.78, 5) is 4.66. The molecule has 0 N–H and O–H groups in total. The smallest absolute Gasteiger partial charge is 0.107 e. The first kappa shape index (κ1) is 14.5. The second-order valence-corrected chi connectivity index (χ2v) is 5.62. The van der Waals surface area contributed by atoms with Crippen LogP contribution in [0.3, 0.4) is 0 Å². The molecule has 2 aromatic carbocycles. The summed E-state index contributed by atoms with van der Waals surface area (Å²) in [5.74, 6) is 0. The van der Waals surface area contributed by atoms with Gasteiger partial charge in [-0.2, -0.15) is 0 Å². The summed E-state index contributed by atoms with van der Waals surface area (Å²) >= 11 is 12.9. The van der Waals surface area contributed by atoms with Gasteiger partial charge in [0.05, 0.1) is 26.8 Å². The molecule has 21 heavy (non-hydrogen) atoms. The van der Waals surface area contributed by atoms with Crippen LogP contribution < -0.4 is 0 Å². The summed E-state index contributed by atoms with van der Waals surface area (Å²) in [7, 11) is 2.00. The molecule has 0 aliphatic carbocycles. The SMILES string of the molecule is Cl.Cn1c2c3ccccc3nc-2c(Cl)c2cccc(Cl)c21. The average molecular weight is 338 g/mol. The Morgan fingerprint density at radius 2 is 1.67 bits per heavy atom. The lowest BCUT2D eigenvalue weighted by molar-refractivity contribution is 0.967. The molecule has 0 radical (unpaired) electrons. The minimum absolute atomic E-state index is 0. The molecule has 2 nitrogen and oxygen atoms in total. The highest BCUT2D eigenvalue weighted by Crippen LogP contribution is 2.41. The van der Waals surface area contributed by atoms with Gasteiger partial charge in [0.15, 0.2) is 0 Å². The standard InChI is InChI=1S/C16H10Cl2N2.ClH/c1-20-15-10(6-4-7-11(15)17)13(18)14-16(20)9-5-2-3-8-12(9)19-14;/h2-8H,1H3;1H. The zero-order chi connectivity index (χ0) is 13.9. The molecular weight excluding hydrogens is 327 g/mol. The Balaban J connectivity index is 0.00000132. The fraction of sp³-hybridized carbons (Fsp3) is 0.0625. The van der Waals surface area contributed by atoms with Gasteiger partial charge in [-0.1, -0.05) is 53.5 Å². The van der Waals surface area contributed by atoms with Crippen molar-refractivity contribution in [2.24, 2.45) is 7.05 Å². The van der Waals surface area contributed by atoms with Crippen LogP contribution >= 0.6 is 35.6 Å². The van der Waals surface area contributed by atoms with E-state index >= 15 is 0 Å². The zero-order valence-corrected chi connectivity index (χ0v) is 13.4. The normalized spacial score (nSPS) is 11.2. The Kier molecular flexibility index (Phi) is 3.48. The van der Waals surface area contributed by atoms with Gasteiger partial charge in [0.1, 0.15) is 5.69 Å². The first-order chi connectivity index (χ1) is 9.68. The summed E-state index contributed by atoms with van der Waals surface area (Å²) in [6, 6.07) is 13.8. The minimum Gasteiger partial charge on any atom is -0.341 e. The molecule has 2 aliphatic rings. The Hall–Kier alpha value is -1.48. The van der Waals surface area contributed by atoms with Crippen LogP contribution in [0.5, 0.6) is 0 Å². The second kappa shape index (κ2) is 5.06. The fourth-order valence-corrected chi connectivity index (χ4v) is 3.42. The van der Waals surface area contributed by atoms with Crippen LogP contribution in [0.25, 0.3) is 33.2 Å². The number of nitrogens with zero attached hydrogens (tertiary/aromatic N) is 2. The number of pyridine rings is 1. The van der Waals surface area contributed by atoms with Gasteiger partial charge in [0.2, 0.25) is 0 Å². The summed E-state index contributed by atoms with van der Waals surface area (Å²) in [6.07, 6.45) is 0. The monoisotopic (exact) mass is 336 g/mol. The lowest BCUT2D eigenvalue weighted by Crippen LogP contribution is -2.00. The molecule has 5 heteroatoms. The largest absolute Gasteiger partial charge is 0.341 e. The highest BCUT2D eigenvalue weighted by Gasteiger charge is 2.21. The molecule has 0 saturated carbocycles. The number of hydrogen-bond donors (Lipinski definition) is 0.